The molecule has 5 nitrogen and oxygen atoms in total. The lowest BCUT2D eigenvalue weighted by Crippen LogP contribution is -2.48. The number of imide groups is 1. The highest BCUT2D eigenvalue weighted by Crippen LogP contribution is 2.15. The number of nitrogens with one attached hydrogen (secondary N) is 1. The number of amides is 3. The van der Waals surface area contributed by atoms with Crippen molar-refractivity contribution in [3.05, 3.63) is 72.9 Å². The van der Waals surface area contributed by atoms with Gasteiger partial charge in [0.2, 0.25) is 17.7 Å². The predicted molar refractivity (Wildman–Crippen MR) is 141 cm³/mol. The lowest BCUT2D eigenvalue weighted by molar-refractivity contribution is -0.140. The van der Waals surface area contributed by atoms with Crippen LogP contribution in [0, 0.1) is 0 Å². The Labute approximate surface area is 206 Å². The largest absolute Gasteiger partial charge is 0.331 e. The maximum absolute atomic E-state index is 12.3. The summed E-state index contributed by atoms with van der Waals surface area (Å²) in [6.45, 7) is 4.58. The van der Waals surface area contributed by atoms with E-state index in [-0.39, 0.29) is 24.1 Å². The fraction of sp³-hybridized carbons (Fsp3) is 0.483. The molecule has 1 rings (SSSR count). The molecule has 0 aromatic rings. The van der Waals surface area contributed by atoms with Gasteiger partial charge in [-0.2, -0.15) is 0 Å². The van der Waals surface area contributed by atoms with E-state index in [4.69, 9.17) is 0 Å². The topological polar surface area (TPSA) is 66.5 Å². The molecular formula is C29H42N2O3. The van der Waals surface area contributed by atoms with E-state index in [1.165, 1.54) is 0 Å². The first kappa shape index (κ1) is 29.1. The molecule has 0 aromatic carbocycles. The first-order chi connectivity index (χ1) is 16.6. The van der Waals surface area contributed by atoms with Crippen LogP contribution >= 0.6 is 0 Å². The summed E-state index contributed by atoms with van der Waals surface area (Å²) in [5, 5.41) is 2.42. The summed E-state index contributed by atoms with van der Waals surface area (Å²) in [6, 6.07) is -0.552. The molecule has 3 amide bonds. The predicted octanol–water partition coefficient (Wildman–Crippen LogP) is 6.12. The minimum absolute atomic E-state index is 0.00796. The molecule has 34 heavy (non-hydrogen) atoms. The SMILES string of the molecule is CC/C=C\C/C=C\C/C=C\C/C=C\C/C=C\C/C=C\CC(=O)NC(=O)[C@H](CC)N1CCCC1=O. The molecule has 1 aliphatic rings. The zero-order valence-electron chi connectivity index (χ0n) is 21.0. The molecule has 1 saturated heterocycles. The molecule has 1 aliphatic heterocycles. The van der Waals surface area contributed by atoms with Crippen LogP contribution in [-0.2, 0) is 14.4 Å². The monoisotopic (exact) mass is 466 g/mol. The second-order valence-electron chi connectivity index (χ2n) is 8.15. The molecule has 5 heteroatoms. The minimum Gasteiger partial charge on any atom is -0.331 e. The van der Waals surface area contributed by atoms with Crippen molar-refractivity contribution in [1.82, 2.24) is 10.2 Å². The molecule has 0 aliphatic carbocycles. The first-order valence-corrected chi connectivity index (χ1v) is 12.6. The molecule has 1 atom stereocenters. The summed E-state index contributed by atoms with van der Waals surface area (Å²) < 4.78 is 0. The summed E-state index contributed by atoms with van der Waals surface area (Å²) in [5.74, 6) is -0.726. The standard InChI is InChI=1S/C29H42N2O3/c1-3-5-6-7-8-9-10-11-12-13-14-15-16-17-18-19-20-21-23-27(32)30-29(34)26(4-2)31-25-22-24-28(31)33/h5-6,8-9,11-12,14-15,17-18,20-21,26H,3-4,7,10,13,16,19,22-25H2,1-2H3,(H,30,32,34)/b6-5-,9-8-,12-11-,15-14-,18-17-,21-20-/t26-/m0/s1. The lowest BCUT2D eigenvalue weighted by atomic mass is 10.1. The van der Waals surface area contributed by atoms with Gasteiger partial charge in [0.05, 0.1) is 0 Å². The van der Waals surface area contributed by atoms with Crippen LogP contribution in [0.3, 0.4) is 0 Å². The zero-order chi connectivity index (χ0) is 24.9. The summed E-state index contributed by atoms with van der Waals surface area (Å²) in [5.41, 5.74) is 0. The molecule has 0 aromatic heterocycles. The van der Waals surface area contributed by atoms with E-state index in [9.17, 15) is 14.4 Å². The van der Waals surface area contributed by atoms with Crippen molar-refractivity contribution in [3.8, 4) is 0 Å². The van der Waals surface area contributed by atoms with Crippen LogP contribution in [0.25, 0.3) is 0 Å². The summed E-state index contributed by atoms with van der Waals surface area (Å²) in [6.07, 6.45) is 32.8. The third-order valence-electron chi connectivity index (χ3n) is 5.34. The number of carbonyl (C=O) groups excluding carboxylic acids is 3. The second kappa shape index (κ2) is 19.5. The normalized spacial score (nSPS) is 15.9. The summed E-state index contributed by atoms with van der Waals surface area (Å²) in [7, 11) is 0. The number of carbonyl (C=O) groups is 3. The number of hydrogen-bond donors (Lipinski definition) is 1. The highest BCUT2D eigenvalue weighted by molar-refractivity contribution is 5.99. The second-order valence-corrected chi connectivity index (χ2v) is 8.15. The van der Waals surface area contributed by atoms with E-state index in [0.29, 0.717) is 19.4 Å². The average Bonchev–Trinajstić information content (AvgIpc) is 3.24. The molecule has 1 fully saturated rings. The van der Waals surface area contributed by atoms with E-state index in [1.807, 2.05) is 13.0 Å². The highest BCUT2D eigenvalue weighted by Gasteiger charge is 2.31. The molecule has 1 N–H and O–H groups in total. The lowest BCUT2D eigenvalue weighted by Gasteiger charge is -2.25. The number of allylic oxidation sites excluding steroid dienone is 11. The minimum atomic E-state index is -0.552. The maximum atomic E-state index is 12.3. The Balaban J connectivity index is 2.12. The summed E-state index contributed by atoms with van der Waals surface area (Å²) in [4.78, 5) is 37.8. The van der Waals surface area contributed by atoms with Crippen molar-refractivity contribution in [2.45, 2.75) is 84.1 Å². The van der Waals surface area contributed by atoms with Crippen molar-refractivity contribution >= 4 is 17.7 Å². The van der Waals surface area contributed by atoms with Gasteiger partial charge in [-0.1, -0.05) is 86.8 Å². The van der Waals surface area contributed by atoms with Crippen LogP contribution in [0.4, 0.5) is 0 Å². The zero-order valence-corrected chi connectivity index (χ0v) is 21.0. The Morgan fingerprint density at radius 1 is 0.794 bits per heavy atom. The van der Waals surface area contributed by atoms with Gasteiger partial charge in [0.1, 0.15) is 6.04 Å². The molecule has 0 bridgehead atoms. The van der Waals surface area contributed by atoms with Crippen molar-refractivity contribution in [1.29, 1.82) is 0 Å². The fourth-order valence-electron chi connectivity index (χ4n) is 3.53. The fourth-order valence-corrected chi connectivity index (χ4v) is 3.53. The van der Waals surface area contributed by atoms with Crippen LogP contribution in [0.5, 0.6) is 0 Å². The van der Waals surface area contributed by atoms with E-state index in [2.05, 4.69) is 73.0 Å². The number of rotatable bonds is 16. The first-order valence-electron chi connectivity index (χ1n) is 12.6. The van der Waals surface area contributed by atoms with Crippen molar-refractivity contribution in [2.75, 3.05) is 6.54 Å². The Bertz CT molecular complexity index is 787. The van der Waals surface area contributed by atoms with Crippen molar-refractivity contribution < 1.29 is 14.4 Å². The molecule has 0 unspecified atom stereocenters. The van der Waals surface area contributed by atoms with E-state index >= 15 is 0 Å². The number of likely N-dealkylation sites (tertiary alicyclic amines) is 1. The van der Waals surface area contributed by atoms with Gasteiger partial charge >= 0.3 is 0 Å². The van der Waals surface area contributed by atoms with Gasteiger partial charge in [0.25, 0.3) is 0 Å². The molecular weight excluding hydrogens is 424 g/mol. The molecule has 0 saturated carbocycles. The Morgan fingerprint density at radius 2 is 1.26 bits per heavy atom. The van der Waals surface area contributed by atoms with Crippen LogP contribution in [0.15, 0.2) is 72.9 Å². The number of hydrogen-bond acceptors (Lipinski definition) is 3. The van der Waals surface area contributed by atoms with Crippen LogP contribution in [0.2, 0.25) is 0 Å². The van der Waals surface area contributed by atoms with Crippen LogP contribution in [-0.4, -0.2) is 35.2 Å². The van der Waals surface area contributed by atoms with Gasteiger partial charge in [-0.25, -0.2) is 0 Å². The van der Waals surface area contributed by atoms with Gasteiger partial charge in [-0.3, -0.25) is 19.7 Å². The Hall–Kier alpha value is -2.95. The third-order valence-corrected chi connectivity index (χ3v) is 5.34. The average molecular weight is 467 g/mol. The highest BCUT2D eigenvalue weighted by atomic mass is 16.2. The van der Waals surface area contributed by atoms with Gasteiger partial charge in [0.15, 0.2) is 0 Å². The molecule has 1 heterocycles. The Kier molecular flexibility index (Phi) is 16.7. The molecule has 0 radical (unpaired) electrons. The van der Waals surface area contributed by atoms with E-state index in [1.54, 1.807) is 11.0 Å². The van der Waals surface area contributed by atoms with E-state index in [0.717, 1.165) is 44.9 Å². The van der Waals surface area contributed by atoms with Crippen molar-refractivity contribution in [3.63, 3.8) is 0 Å². The molecule has 186 valence electrons. The van der Waals surface area contributed by atoms with Gasteiger partial charge in [-0.15, -0.1) is 0 Å². The van der Waals surface area contributed by atoms with Crippen molar-refractivity contribution in [2.24, 2.45) is 0 Å². The maximum Gasteiger partial charge on any atom is 0.249 e. The quantitative estimate of drug-likeness (QED) is 0.279. The van der Waals surface area contributed by atoms with Crippen LogP contribution in [0.1, 0.15) is 78.1 Å². The molecule has 0 spiro atoms. The smallest absolute Gasteiger partial charge is 0.249 e. The van der Waals surface area contributed by atoms with Crippen LogP contribution < -0.4 is 5.32 Å². The van der Waals surface area contributed by atoms with E-state index < -0.39 is 6.04 Å². The van der Waals surface area contributed by atoms with Gasteiger partial charge in [0, 0.05) is 19.4 Å². The van der Waals surface area contributed by atoms with Gasteiger partial charge < -0.3 is 4.90 Å². The van der Waals surface area contributed by atoms with Gasteiger partial charge in [-0.05, 0) is 51.4 Å². The third kappa shape index (κ3) is 13.6. The Morgan fingerprint density at radius 3 is 1.68 bits per heavy atom. The number of nitrogens with zero attached hydrogens (tertiary/aromatic N) is 1. The summed E-state index contributed by atoms with van der Waals surface area (Å²) >= 11 is 0.